The first-order valence-electron chi connectivity index (χ1n) is 18.4. The lowest BCUT2D eigenvalue weighted by Gasteiger charge is -2.33. The molecule has 274 valence electrons. The molecule has 3 atom stereocenters. The molecule has 1 fully saturated rings. The summed E-state index contributed by atoms with van der Waals surface area (Å²) in [6, 6.07) is 20.0. The number of aromatic nitrogens is 5. The van der Waals surface area contributed by atoms with Crippen LogP contribution in [0.3, 0.4) is 0 Å². The van der Waals surface area contributed by atoms with Crippen LogP contribution in [0.5, 0.6) is 5.75 Å². The van der Waals surface area contributed by atoms with E-state index in [2.05, 4.69) is 76.5 Å². The third kappa shape index (κ3) is 7.61. The normalized spacial score (nSPS) is 19.2. The second-order valence-electron chi connectivity index (χ2n) is 15.5. The van der Waals surface area contributed by atoms with Gasteiger partial charge in [0.2, 0.25) is 5.95 Å². The molecular formula is C40H50ClN9O2. The second-order valence-corrected chi connectivity index (χ2v) is 15.9. The van der Waals surface area contributed by atoms with Gasteiger partial charge in [0, 0.05) is 35.6 Å². The maximum Gasteiger partial charge on any atom is 0.320 e. The molecule has 12 heteroatoms. The highest BCUT2D eigenvalue weighted by Crippen LogP contribution is 2.39. The zero-order valence-corrected chi connectivity index (χ0v) is 31.8. The van der Waals surface area contributed by atoms with Gasteiger partial charge in [-0.2, -0.15) is 5.10 Å². The molecule has 7 rings (SSSR count). The standard InChI is InChI=1S/C40H50ClN9O2/c1-26-11-9-10-21-48(26)39-45-44-36-19-15-29(25-49(36)39)52-34-18-17-33(30-12-7-8-13-31(30)34)42-38(51)43-37-24-35(40(2,3)4)46-50(37)28-14-16-32(41)27(23-28)20-22-47(5)6/h7-8,12-16,19,23-26,33-34H,9-11,17-18,20-22H2,1-6H3,(H2,42,43,51)/t26?,33-,34+/m0/s1. The van der Waals surface area contributed by atoms with E-state index in [1.165, 1.54) is 6.42 Å². The summed E-state index contributed by atoms with van der Waals surface area (Å²) in [6.07, 6.45) is 7.66. The van der Waals surface area contributed by atoms with Crippen LogP contribution in [0.15, 0.2) is 66.9 Å². The van der Waals surface area contributed by atoms with Crippen molar-refractivity contribution in [1.29, 1.82) is 0 Å². The largest absolute Gasteiger partial charge is 0.484 e. The van der Waals surface area contributed by atoms with Crippen LogP contribution >= 0.6 is 11.6 Å². The molecular weight excluding hydrogens is 674 g/mol. The summed E-state index contributed by atoms with van der Waals surface area (Å²) in [6.45, 7) is 10.4. The minimum atomic E-state index is -0.292. The highest BCUT2D eigenvalue weighted by Gasteiger charge is 2.31. The summed E-state index contributed by atoms with van der Waals surface area (Å²) in [5.74, 6) is 2.22. The predicted octanol–water partition coefficient (Wildman–Crippen LogP) is 8.13. The van der Waals surface area contributed by atoms with Crippen molar-refractivity contribution in [3.8, 4) is 11.4 Å². The molecule has 5 aromatic rings. The van der Waals surface area contributed by atoms with Crippen LogP contribution in [0.2, 0.25) is 5.02 Å². The van der Waals surface area contributed by atoms with Crippen molar-refractivity contribution in [3.05, 3.63) is 94.3 Å². The van der Waals surface area contributed by atoms with E-state index in [0.717, 1.165) is 95.6 Å². The highest BCUT2D eigenvalue weighted by molar-refractivity contribution is 6.31. The van der Waals surface area contributed by atoms with Gasteiger partial charge in [-0.15, -0.1) is 10.2 Å². The number of nitrogens with zero attached hydrogens (tertiary/aromatic N) is 7. The lowest BCUT2D eigenvalue weighted by Crippen LogP contribution is -2.38. The number of hydrogen-bond donors (Lipinski definition) is 2. The number of carbonyl (C=O) groups excluding carboxylic acids is 1. The van der Waals surface area contributed by atoms with Crippen molar-refractivity contribution in [3.63, 3.8) is 0 Å². The Morgan fingerprint density at radius 1 is 1.00 bits per heavy atom. The summed E-state index contributed by atoms with van der Waals surface area (Å²) in [5, 5.41) is 21.0. The lowest BCUT2D eigenvalue weighted by atomic mass is 9.85. The molecule has 0 bridgehead atoms. The zero-order valence-electron chi connectivity index (χ0n) is 31.1. The first-order chi connectivity index (χ1) is 24.9. The van der Waals surface area contributed by atoms with Crippen molar-refractivity contribution in [2.24, 2.45) is 0 Å². The van der Waals surface area contributed by atoms with Gasteiger partial charge in [-0.3, -0.25) is 9.72 Å². The fraction of sp³-hybridized carbons (Fsp3) is 0.450. The van der Waals surface area contributed by atoms with E-state index in [9.17, 15) is 4.79 Å². The van der Waals surface area contributed by atoms with Gasteiger partial charge < -0.3 is 19.9 Å². The molecule has 2 N–H and O–H groups in total. The molecule has 52 heavy (non-hydrogen) atoms. The molecule has 4 heterocycles. The molecule has 1 saturated heterocycles. The summed E-state index contributed by atoms with van der Waals surface area (Å²) >= 11 is 6.59. The first kappa shape index (κ1) is 35.8. The summed E-state index contributed by atoms with van der Waals surface area (Å²) in [7, 11) is 4.09. The van der Waals surface area contributed by atoms with Gasteiger partial charge >= 0.3 is 6.03 Å². The van der Waals surface area contributed by atoms with E-state index < -0.39 is 0 Å². The van der Waals surface area contributed by atoms with Crippen LogP contribution in [0.4, 0.5) is 16.6 Å². The Hall–Kier alpha value is -4.61. The molecule has 2 aliphatic rings. The Morgan fingerprint density at radius 3 is 2.58 bits per heavy atom. The molecule has 11 nitrogen and oxygen atoms in total. The van der Waals surface area contributed by atoms with Gasteiger partial charge in [0.15, 0.2) is 5.65 Å². The molecule has 3 aromatic heterocycles. The van der Waals surface area contributed by atoms with Gasteiger partial charge in [0.1, 0.15) is 17.7 Å². The number of amides is 2. The molecule has 2 aromatic carbocycles. The van der Waals surface area contributed by atoms with Crippen LogP contribution in [0.1, 0.15) is 94.3 Å². The Kier molecular flexibility index (Phi) is 10.2. The molecule has 0 radical (unpaired) electrons. The molecule has 2 amide bonds. The van der Waals surface area contributed by atoms with E-state index in [1.807, 2.05) is 67.2 Å². The third-order valence-electron chi connectivity index (χ3n) is 10.3. The SMILES string of the molecule is CC1CCCCN1c1nnc2ccc(O[C@@H]3CC[C@H](NC(=O)Nc4cc(C(C)(C)C)nn4-c4ccc(Cl)c(CCN(C)C)c4)c4ccccc43)cn12. The summed E-state index contributed by atoms with van der Waals surface area (Å²) < 4.78 is 10.5. The number of urea groups is 1. The van der Waals surface area contributed by atoms with Crippen LogP contribution in [0, 0.1) is 0 Å². The number of likely N-dealkylation sites (N-methyl/N-ethyl adjacent to an activating group) is 1. The number of piperidine rings is 1. The minimum absolute atomic E-state index is 0.161. The maximum atomic E-state index is 13.7. The van der Waals surface area contributed by atoms with E-state index in [0.29, 0.717) is 11.9 Å². The topological polar surface area (TPSA) is 105 Å². The quantitative estimate of drug-likeness (QED) is 0.158. The van der Waals surface area contributed by atoms with E-state index in [1.54, 1.807) is 4.68 Å². The number of hydrogen-bond acceptors (Lipinski definition) is 7. The van der Waals surface area contributed by atoms with Gasteiger partial charge in [-0.25, -0.2) is 9.48 Å². The maximum absolute atomic E-state index is 13.7. The smallest absolute Gasteiger partial charge is 0.320 e. The number of rotatable bonds is 9. The van der Waals surface area contributed by atoms with Crippen LogP contribution in [-0.2, 0) is 11.8 Å². The summed E-state index contributed by atoms with van der Waals surface area (Å²) in [4.78, 5) is 18.2. The van der Waals surface area contributed by atoms with E-state index in [4.69, 9.17) is 21.4 Å². The Balaban J connectivity index is 1.09. The minimum Gasteiger partial charge on any atom is -0.484 e. The van der Waals surface area contributed by atoms with Crippen LogP contribution in [0.25, 0.3) is 11.3 Å². The number of ether oxygens (including phenoxy) is 1. The van der Waals surface area contributed by atoms with Crippen LogP contribution < -0.4 is 20.3 Å². The van der Waals surface area contributed by atoms with Crippen molar-refractivity contribution in [2.75, 3.05) is 37.4 Å². The third-order valence-corrected chi connectivity index (χ3v) is 10.6. The predicted molar refractivity (Wildman–Crippen MR) is 207 cm³/mol. The van der Waals surface area contributed by atoms with Crippen molar-refractivity contribution in [1.82, 2.24) is 34.6 Å². The Bertz CT molecular complexity index is 2050. The molecule has 1 aliphatic carbocycles. The van der Waals surface area contributed by atoms with Crippen molar-refractivity contribution in [2.45, 2.75) is 89.8 Å². The number of benzene rings is 2. The monoisotopic (exact) mass is 723 g/mol. The average molecular weight is 724 g/mol. The highest BCUT2D eigenvalue weighted by atomic mass is 35.5. The average Bonchev–Trinajstić information content (AvgIpc) is 3.74. The number of nitrogens with one attached hydrogen (secondary N) is 2. The van der Waals surface area contributed by atoms with Gasteiger partial charge in [-0.1, -0.05) is 56.6 Å². The lowest BCUT2D eigenvalue weighted by molar-refractivity contribution is 0.171. The Morgan fingerprint density at radius 2 is 1.81 bits per heavy atom. The number of pyridine rings is 1. The molecule has 0 saturated carbocycles. The summed E-state index contributed by atoms with van der Waals surface area (Å²) in [5.41, 5.74) is 5.45. The van der Waals surface area contributed by atoms with Crippen molar-refractivity contribution >= 4 is 35.0 Å². The number of carbonyl (C=O) groups is 1. The van der Waals surface area contributed by atoms with Gasteiger partial charge in [0.05, 0.1) is 23.6 Å². The number of fused-ring (bicyclic) bond motifs is 2. The van der Waals surface area contributed by atoms with Crippen molar-refractivity contribution < 1.29 is 9.53 Å². The van der Waals surface area contributed by atoms with E-state index in [-0.39, 0.29) is 23.6 Å². The molecule has 1 aliphatic heterocycles. The number of anilines is 2. The zero-order chi connectivity index (χ0) is 36.6. The fourth-order valence-corrected chi connectivity index (χ4v) is 7.49. The van der Waals surface area contributed by atoms with Gasteiger partial charge in [-0.05, 0) is 107 Å². The number of halogens is 1. The van der Waals surface area contributed by atoms with Gasteiger partial charge in [0.25, 0.3) is 0 Å². The molecule has 0 spiro atoms. The fourth-order valence-electron chi connectivity index (χ4n) is 7.28. The van der Waals surface area contributed by atoms with E-state index >= 15 is 0 Å². The van der Waals surface area contributed by atoms with Crippen LogP contribution in [-0.4, -0.2) is 68.5 Å². The molecule has 1 unspecified atom stereocenters. The Labute approximate surface area is 311 Å². The second kappa shape index (κ2) is 14.8. The first-order valence-corrected chi connectivity index (χ1v) is 18.8.